The molecule has 2 N–H and O–H groups in total. The molecule has 1 saturated carbocycles. The van der Waals surface area contributed by atoms with Crippen molar-refractivity contribution in [2.75, 3.05) is 18.9 Å². The number of halogens is 2. The van der Waals surface area contributed by atoms with Crippen LogP contribution in [0.1, 0.15) is 68.9 Å². The Morgan fingerprint density at radius 3 is 2.56 bits per heavy atom. The average molecular weight is 572 g/mol. The second-order valence-corrected chi connectivity index (χ2v) is 11.7. The lowest BCUT2D eigenvalue weighted by atomic mass is 9.67. The Morgan fingerprint density at radius 2 is 1.85 bits per heavy atom. The van der Waals surface area contributed by atoms with Crippen LogP contribution in [0.25, 0.3) is 0 Å². The second kappa shape index (κ2) is 14.7. The molecule has 1 aliphatic carbocycles. The Bertz CT molecular complexity index is 909. The van der Waals surface area contributed by atoms with Gasteiger partial charge in [0.05, 0.1) is 0 Å². The van der Waals surface area contributed by atoms with Gasteiger partial charge in [0.25, 0.3) is 0 Å². The fourth-order valence-corrected chi connectivity index (χ4v) is 6.79. The van der Waals surface area contributed by atoms with Crippen molar-refractivity contribution in [3.05, 3.63) is 63.9 Å². The van der Waals surface area contributed by atoms with E-state index in [-0.39, 0.29) is 17.8 Å². The SMILES string of the molecule is O=[P+](O)OCCCNCc1ccc(SCCCCC2(c3ccc(F)cc3)CCCCC2)c(Br)c1. The molecule has 1 aliphatic rings. The molecule has 0 amide bonds. The molecule has 34 heavy (non-hydrogen) atoms. The molecular weight excluding hydrogens is 536 g/mol. The van der Waals surface area contributed by atoms with Crippen molar-refractivity contribution in [1.29, 1.82) is 0 Å². The van der Waals surface area contributed by atoms with Gasteiger partial charge in [-0.1, -0.05) is 43.9 Å². The Kier molecular flexibility index (Phi) is 12.0. The van der Waals surface area contributed by atoms with Gasteiger partial charge in [0, 0.05) is 20.5 Å². The first-order valence-electron chi connectivity index (χ1n) is 12.2. The largest absolute Gasteiger partial charge is 0.694 e. The summed E-state index contributed by atoms with van der Waals surface area (Å²) in [5, 5.41) is 3.33. The van der Waals surface area contributed by atoms with Gasteiger partial charge in [-0.3, -0.25) is 0 Å². The van der Waals surface area contributed by atoms with Crippen LogP contribution in [-0.4, -0.2) is 23.8 Å². The summed E-state index contributed by atoms with van der Waals surface area (Å²) in [4.78, 5) is 9.87. The molecule has 4 nitrogen and oxygen atoms in total. The third kappa shape index (κ3) is 9.00. The lowest BCUT2D eigenvalue weighted by Crippen LogP contribution is -2.29. The minimum Gasteiger partial charge on any atom is -0.313 e. The van der Waals surface area contributed by atoms with Crippen LogP contribution in [0.15, 0.2) is 51.8 Å². The van der Waals surface area contributed by atoms with Crippen molar-refractivity contribution in [3.8, 4) is 0 Å². The summed E-state index contributed by atoms with van der Waals surface area (Å²) in [7, 11) is -2.50. The molecule has 3 rings (SSSR count). The van der Waals surface area contributed by atoms with Gasteiger partial charge >= 0.3 is 8.25 Å². The third-order valence-corrected chi connectivity index (χ3v) is 9.08. The molecule has 0 radical (unpaired) electrons. The van der Waals surface area contributed by atoms with E-state index in [2.05, 4.69) is 44.0 Å². The van der Waals surface area contributed by atoms with Crippen LogP contribution in [-0.2, 0) is 21.0 Å². The molecule has 0 spiro atoms. The van der Waals surface area contributed by atoms with Gasteiger partial charge in [0.15, 0.2) is 0 Å². The predicted octanol–water partition coefficient (Wildman–Crippen LogP) is 7.90. The average Bonchev–Trinajstić information content (AvgIpc) is 2.83. The lowest BCUT2D eigenvalue weighted by molar-refractivity contribution is 0.267. The van der Waals surface area contributed by atoms with E-state index in [0.29, 0.717) is 6.42 Å². The zero-order valence-electron chi connectivity index (χ0n) is 19.6. The highest BCUT2D eigenvalue weighted by molar-refractivity contribution is 9.10. The van der Waals surface area contributed by atoms with Gasteiger partial charge in [-0.2, -0.15) is 0 Å². The van der Waals surface area contributed by atoms with Gasteiger partial charge in [0.1, 0.15) is 12.4 Å². The van der Waals surface area contributed by atoms with Gasteiger partial charge in [-0.25, -0.2) is 4.39 Å². The van der Waals surface area contributed by atoms with Crippen molar-refractivity contribution in [2.24, 2.45) is 0 Å². The molecule has 186 valence electrons. The highest BCUT2D eigenvalue weighted by Gasteiger charge is 2.33. The van der Waals surface area contributed by atoms with E-state index >= 15 is 0 Å². The second-order valence-electron chi connectivity index (χ2n) is 9.02. The van der Waals surface area contributed by atoms with Crippen molar-refractivity contribution in [3.63, 3.8) is 0 Å². The van der Waals surface area contributed by atoms with Crippen LogP contribution in [0.5, 0.6) is 0 Å². The molecule has 8 heteroatoms. The van der Waals surface area contributed by atoms with Crippen LogP contribution in [0.2, 0.25) is 0 Å². The predicted molar refractivity (Wildman–Crippen MR) is 142 cm³/mol. The standard InChI is InChI=1S/C26H34BrFNO3PS/c27-24-19-21(20-29-16-6-17-32-33(30)31)7-12-25(24)34-18-5-4-15-26(13-2-1-3-14-26)22-8-10-23(28)11-9-22/h7-12,19,29H,1-6,13-18,20H2/p+1. The maximum Gasteiger partial charge on any atom is 0.694 e. The summed E-state index contributed by atoms with van der Waals surface area (Å²) in [5.41, 5.74) is 2.75. The first kappa shape index (κ1) is 27.8. The molecule has 2 aromatic carbocycles. The van der Waals surface area contributed by atoms with Crippen LogP contribution < -0.4 is 5.32 Å². The van der Waals surface area contributed by atoms with Crippen LogP contribution >= 0.6 is 35.9 Å². The number of unbranched alkanes of at least 4 members (excludes halogenated alkanes) is 1. The number of hydrogen-bond donors (Lipinski definition) is 2. The van der Waals surface area contributed by atoms with E-state index in [0.717, 1.165) is 23.3 Å². The molecule has 1 fully saturated rings. The van der Waals surface area contributed by atoms with Crippen molar-refractivity contribution < 1.29 is 18.4 Å². The van der Waals surface area contributed by atoms with Crippen LogP contribution in [0, 0.1) is 5.82 Å². The number of benzene rings is 2. The lowest BCUT2D eigenvalue weighted by Gasteiger charge is -2.38. The molecule has 2 aromatic rings. The Balaban J connectivity index is 1.40. The summed E-state index contributed by atoms with van der Waals surface area (Å²) < 4.78 is 29.7. The fraction of sp³-hybridized carbons (Fsp3) is 0.538. The molecule has 0 bridgehead atoms. The van der Waals surface area contributed by atoms with E-state index in [1.807, 2.05) is 23.9 Å². The van der Waals surface area contributed by atoms with Crippen LogP contribution in [0.4, 0.5) is 4.39 Å². The maximum atomic E-state index is 13.4. The zero-order chi connectivity index (χ0) is 24.2. The Hall–Kier alpha value is -0.820. The zero-order valence-corrected chi connectivity index (χ0v) is 22.9. The van der Waals surface area contributed by atoms with Gasteiger partial charge in [-0.05, 0) is 101 Å². The molecule has 0 aliphatic heterocycles. The Morgan fingerprint density at radius 1 is 1.09 bits per heavy atom. The molecule has 0 saturated heterocycles. The number of thioether (sulfide) groups is 1. The number of hydrogen-bond acceptors (Lipinski definition) is 4. The Labute approximate surface area is 216 Å². The number of rotatable bonds is 14. The van der Waals surface area contributed by atoms with E-state index in [1.165, 1.54) is 67.4 Å². The monoisotopic (exact) mass is 570 g/mol. The van der Waals surface area contributed by atoms with E-state index in [4.69, 9.17) is 4.89 Å². The summed E-state index contributed by atoms with van der Waals surface area (Å²) >= 11 is 5.61. The first-order chi connectivity index (χ1) is 16.5. The van der Waals surface area contributed by atoms with Crippen LogP contribution in [0.3, 0.4) is 0 Å². The molecule has 0 aromatic heterocycles. The molecular formula is C26H35BrFNO3PS+. The topological polar surface area (TPSA) is 58.6 Å². The smallest absolute Gasteiger partial charge is 0.313 e. The maximum absolute atomic E-state index is 13.4. The normalized spacial score (nSPS) is 15.9. The van der Waals surface area contributed by atoms with Gasteiger partial charge in [-0.15, -0.1) is 21.2 Å². The third-order valence-electron chi connectivity index (χ3n) is 6.60. The molecule has 1 unspecified atom stereocenters. The van der Waals surface area contributed by atoms with E-state index in [1.54, 1.807) is 12.1 Å². The van der Waals surface area contributed by atoms with Crippen molar-refractivity contribution in [1.82, 2.24) is 5.32 Å². The van der Waals surface area contributed by atoms with Gasteiger partial charge in [0.2, 0.25) is 0 Å². The summed E-state index contributed by atoms with van der Waals surface area (Å²) in [6.45, 7) is 1.76. The quantitative estimate of drug-likeness (QED) is 0.137. The molecule has 1 atom stereocenters. The summed E-state index contributed by atoms with van der Waals surface area (Å²) in [6, 6.07) is 13.7. The number of nitrogens with one attached hydrogen (secondary N) is 1. The van der Waals surface area contributed by atoms with Gasteiger partial charge < -0.3 is 5.32 Å². The summed E-state index contributed by atoms with van der Waals surface area (Å²) in [6.07, 6.45) is 10.6. The van der Waals surface area contributed by atoms with Crippen molar-refractivity contribution >= 4 is 35.9 Å². The highest BCUT2D eigenvalue weighted by atomic mass is 79.9. The van der Waals surface area contributed by atoms with E-state index in [9.17, 15) is 8.96 Å². The van der Waals surface area contributed by atoms with Crippen molar-refractivity contribution in [2.45, 2.75) is 74.6 Å². The summed E-state index contributed by atoms with van der Waals surface area (Å²) in [5.74, 6) is 0.938. The minimum atomic E-state index is -2.50. The fourth-order valence-electron chi connectivity index (χ4n) is 4.81. The molecule has 0 heterocycles. The minimum absolute atomic E-state index is 0.148. The first-order valence-corrected chi connectivity index (χ1v) is 15.1. The highest BCUT2D eigenvalue weighted by Crippen LogP contribution is 2.43. The van der Waals surface area contributed by atoms with E-state index < -0.39 is 8.25 Å².